The standard InChI is InChI=1S/C18H23FN2O2/c1-14(22)20-10-3-11-21(13-12-20)17(23)18(8-2-9-18)15-4-6-16(19)7-5-15/h4-7H,2-3,8-13H2,1H3. The first-order chi connectivity index (χ1) is 11.0. The van der Waals surface area contributed by atoms with Crippen molar-refractivity contribution in [1.29, 1.82) is 0 Å². The molecule has 0 atom stereocenters. The number of rotatable bonds is 2. The Balaban J connectivity index is 1.77. The number of halogens is 1. The number of benzene rings is 1. The Morgan fingerprint density at radius 3 is 2.13 bits per heavy atom. The third-order valence-electron chi connectivity index (χ3n) is 5.24. The van der Waals surface area contributed by atoms with Gasteiger partial charge in [0.1, 0.15) is 5.82 Å². The first-order valence-electron chi connectivity index (χ1n) is 8.34. The molecular weight excluding hydrogens is 295 g/mol. The molecule has 23 heavy (non-hydrogen) atoms. The van der Waals surface area contributed by atoms with E-state index in [9.17, 15) is 14.0 Å². The van der Waals surface area contributed by atoms with Gasteiger partial charge in [-0.25, -0.2) is 4.39 Å². The number of carbonyl (C=O) groups excluding carboxylic acids is 2. The molecule has 2 fully saturated rings. The predicted molar refractivity (Wildman–Crippen MR) is 85.4 cm³/mol. The van der Waals surface area contributed by atoms with Crippen LogP contribution in [0.5, 0.6) is 0 Å². The first-order valence-corrected chi connectivity index (χ1v) is 8.34. The lowest BCUT2D eigenvalue weighted by Gasteiger charge is -2.44. The minimum absolute atomic E-state index is 0.0659. The van der Waals surface area contributed by atoms with Crippen LogP contribution in [0.2, 0.25) is 0 Å². The second-order valence-corrected chi connectivity index (χ2v) is 6.59. The molecule has 1 aromatic rings. The monoisotopic (exact) mass is 318 g/mol. The molecule has 4 nitrogen and oxygen atoms in total. The van der Waals surface area contributed by atoms with Crippen LogP contribution in [0.15, 0.2) is 24.3 Å². The minimum Gasteiger partial charge on any atom is -0.341 e. The molecule has 1 aliphatic heterocycles. The van der Waals surface area contributed by atoms with E-state index >= 15 is 0 Å². The highest BCUT2D eigenvalue weighted by Gasteiger charge is 2.47. The van der Waals surface area contributed by atoms with Crippen molar-refractivity contribution in [2.24, 2.45) is 0 Å². The second-order valence-electron chi connectivity index (χ2n) is 6.59. The Morgan fingerprint density at radius 1 is 0.957 bits per heavy atom. The zero-order valence-electron chi connectivity index (χ0n) is 13.6. The summed E-state index contributed by atoms with van der Waals surface area (Å²) in [7, 11) is 0. The molecular formula is C18H23FN2O2. The van der Waals surface area contributed by atoms with Gasteiger partial charge in [-0.3, -0.25) is 9.59 Å². The van der Waals surface area contributed by atoms with Gasteiger partial charge in [0.25, 0.3) is 0 Å². The molecule has 1 saturated carbocycles. The average molecular weight is 318 g/mol. The highest BCUT2D eigenvalue weighted by atomic mass is 19.1. The zero-order chi connectivity index (χ0) is 16.4. The van der Waals surface area contributed by atoms with Gasteiger partial charge in [0, 0.05) is 33.1 Å². The van der Waals surface area contributed by atoms with Gasteiger partial charge >= 0.3 is 0 Å². The van der Waals surface area contributed by atoms with Crippen LogP contribution in [0.25, 0.3) is 0 Å². The molecule has 0 N–H and O–H groups in total. The molecule has 124 valence electrons. The van der Waals surface area contributed by atoms with Crippen molar-refractivity contribution in [2.75, 3.05) is 26.2 Å². The van der Waals surface area contributed by atoms with E-state index in [1.165, 1.54) is 12.1 Å². The summed E-state index contributed by atoms with van der Waals surface area (Å²) in [5.41, 5.74) is 0.432. The molecule has 0 radical (unpaired) electrons. The highest BCUT2D eigenvalue weighted by Crippen LogP contribution is 2.45. The molecule has 5 heteroatoms. The Morgan fingerprint density at radius 2 is 1.57 bits per heavy atom. The van der Waals surface area contributed by atoms with Crippen molar-refractivity contribution in [2.45, 2.75) is 38.0 Å². The summed E-state index contributed by atoms with van der Waals surface area (Å²) in [5, 5.41) is 0. The Kier molecular flexibility index (Phi) is 4.37. The quantitative estimate of drug-likeness (QED) is 0.840. The normalized spacial score (nSPS) is 20.6. The lowest BCUT2D eigenvalue weighted by Crippen LogP contribution is -2.52. The summed E-state index contributed by atoms with van der Waals surface area (Å²) in [4.78, 5) is 28.4. The molecule has 1 aliphatic carbocycles. The summed E-state index contributed by atoms with van der Waals surface area (Å²) in [6.07, 6.45) is 3.48. The SMILES string of the molecule is CC(=O)N1CCCN(C(=O)C2(c3ccc(F)cc3)CCC2)CC1. The van der Waals surface area contributed by atoms with Gasteiger partial charge in [0.15, 0.2) is 0 Å². The third kappa shape index (κ3) is 2.96. The van der Waals surface area contributed by atoms with Crippen LogP contribution in [0.3, 0.4) is 0 Å². The number of hydrogen-bond acceptors (Lipinski definition) is 2. The summed E-state index contributed by atoms with van der Waals surface area (Å²) in [6.45, 7) is 4.15. The maximum Gasteiger partial charge on any atom is 0.233 e. The molecule has 0 unspecified atom stereocenters. The summed E-state index contributed by atoms with van der Waals surface area (Å²) >= 11 is 0. The summed E-state index contributed by atoms with van der Waals surface area (Å²) in [5.74, 6) is -0.0699. The molecule has 3 rings (SSSR count). The highest BCUT2D eigenvalue weighted by molar-refractivity contribution is 5.89. The summed E-state index contributed by atoms with van der Waals surface area (Å²) < 4.78 is 13.2. The van der Waals surface area contributed by atoms with Crippen LogP contribution in [0.1, 0.15) is 38.2 Å². The Labute approximate surface area is 136 Å². The fourth-order valence-corrected chi connectivity index (χ4v) is 3.66. The van der Waals surface area contributed by atoms with Crippen molar-refractivity contribution in [1.82, 2.24) is 9.80 Å². The van der Waals surface area contributed by atoms with E-state index in [1.54, 1.807) is 24.0 Å². The fraction of sp³-hybridized carbons (Fsp3) is 0.556. The van der Waals surface area contributed by atoms with Crippen LogP contribution in [-0.2, 0) is 15.0 Å². The molecule has 0 bridgehead atoms. The Bertz CT molecular complexity index is 596. The molecule has 1 heterocycles. The van der Waals surface area contributed by atoms with Gasteiger partial charge < -0.3 is 9.80 Å². The molecule has 2 amide bonds. The van der Waals surface area contributed by atoms with E-state index in [0.29, 0.717) is 26.2 Å². The van der Waals surface area contributed by atoms with Crippen LogP contribution in [-0.4, -0.2) is 47.8 Å². The van der Waals surface area contributed by atoms with Crippen LogP contribution < -0.4 is 0 Å². The minimum atomic E-state index is -0.487. The number of carbonyl (C=O) groups is 2. The van der Waals surface area contributed by atoms with Crippen molar-refractivity contribution >= 4 is 11.8 Å². The summed E-state index contributed by atoms with van der Waals surface area (Å²) in [6, 6.07) is 6.35. The van der Waals surface area contributed by atoms with Gasteiger partial charge in [-0.2, -0.15) is 0 Å². The molecule has 0 aromatic heterocycles. The first kappa shape index (κ1) is 16.0. The van der Waals surface area contributed by atoms with E-state index in [1.807, 2.05) is 4.90 Å². The van der Waals surface area contributed by atoms with Gasteiger partial charge in [-0.1, -0.05) is 18.6 Å². The maximum absolute atomic E-state index is 13.2. The third-order valence-corrected chi connectivity index (χ3v) is 5.24. The molecule has 1 aromatic carbocycles. The number of nitrogens with zero attached hydrogens (tertiary/aromatic N) is 2. The van der Waals surface area contributed by atoms with Crippen molar-refractivity contribution in [3.05, 3.63) is 35.6 Å². The largest absolute Gasteiger partial charge is 0.341 e. The van der Waals surface area contributed by atoms with Crippen molar-refractivity contribution < 1.29 is 14.0 Å². The van der Waals surface area contributed by atoms with Crippen LogP contribution in [0, 0.1) is 5.82 Å². The number of amides is 2. The van der Waals surface area contributed by atoms with E-state index < -0.39 is 5.41 Å². The topological polar surface area (TPSA) is 40.6 Å². The maximum atomic E-state index is 13.2. The van der Waals surface area contributed by atoms with Gasteiger partial charge in [-0.05, 0) is 37.0 Å². The fourth-order valence-electron chi connectivity index (χ4n) is 3.66. The molecule has 1 saturated heterocycles. The van der Waals surface area contributed by atoms with Gasteiger partial charge in [0.2, 0.25) is 11.8 Å². The van der Waals surface area contributed by atoms with E-state index in [0.717, 1.165) is 31.2 Å². The Hall–Kier alpha value is -1.91. The zero-order valence-corrected chi connectivity index (χ0v) is 13.6. The van der Waals surface area contributed by atoms with E-state index in [2.05, 4.69) is 0 Å². The number of hydrogen-bond donors (Lipinski definition) is 0. The predicted octanol–water partition coefficient (Wildman–Crippen LogP) is 2.33. The van der Waals surface area contributed by atoms with Gasteiger partial charge in [0.05, 0.1) is 5.41 Å². The van der Waals surface area contributed by atoms with Gasteiger partial charge in [-0.15, -0.1) is 0 Å². The van der Waals surface area contributed by atoms with E-state index in [-0.39, 0.29) is 17.6 Å². The van der Waals surface area contributed by atoms with Crippen LogP contribution >= 0.6 is 0 Å². The van der Waals surface area contributed by atoms with Crippen molar-refractivity contribution in [3.8, 4) is 0 Å². The average Bonchev–Trinajstić information content (AvgIpc) is 2.74. The van der Waals surface area contributed by atoms with E-state index in [4.69, 9.17) is 0 Å². The second kappa shape index (κ2) is 6.30. The van der Waals surface area contributed by atoms with Crippen molar-refractivity contribution in [3.63, 3.8) is 0 Å². The lowest BCUT2D eigenvalue weighted by molar-refractivity contribution is -0.141. The lowest BCUT2D eigenvalue weighted by atomic mass is 9.63. The smallest absolute Gasteiger partial charge is 0.233 e. The molecule has 2 aliphatic rings. The molecule has 0 spiro atoms. The van der Waals surface area contributed by atoms with Crippen LogP contribution in [0.4, 0.5) is 4.39 Å².